The van der Waals surface area contributed by atoms with Crippen LogP contribution in [0.25, 0.3) is 0 Å². The predicted molar refractivity (Wildman–Crippen MR) is 63.7 cm³/mol. The lowest BCUT2D eigenvalue weighted by atomic mass is 10.0. The first kappa shape index (κ1) is 12.7. The molecular weight excluding hydrogens is 258 g/mol. The van der Waals surface area contributed by atoms with Crippen molar-refractivity contribution in [2.75, 3.05) is 6.61 Å². The lowest BCUT2D eigenvalue weighted by Crippen LogP contribution is -2.38. The molecular formula is C11H18BrNO2. The Hall–Kier alpha value is -0.320. The minimum absolute atomic E-state index is 0.101. The van der Waals surface area contributed by atoms with E-state index in [4.69, 9.17) is 4.42 Å². The maximum Gasteiger partial charge on any atom is 0.169 e. The van der Waals surface area contributed by atoms with Crippen LogP contribution in [0, 0.1) is 5.92 Å². The summed E-state index contributed by atoms with van der Waals surface area (Å²) in [5.41, 5.74) is 0. The van der Waals surface area contributed by atoms with E-state index in [0.717, 1.165) is 10.4 Å². The third-order valence-corrected chi connectivity index (χ3v) is 2.91. The second kappa shape index (κ2) is 5.68. The maximum absolute atomic E-state index is 9.20. The van der Waals surface area contributed by atoms with Gasteiger partial charge in [0.25, 0.3) is 0 Å². The van der Waals surface area contributed by atoms with Gasteiger partial charge < -0.3 is 14.8 Å². The molecule has 1 heterocycles. The quantitative estimate of drug-likeness (QED) is 0.869. The molecule has 1 rings (SSSR count). The van der Waals surface area contributed by atoms with Crippen molar-refractivity contribution in [1.29, 1.82) is 0 Å². The molecule has 2 atom stereocenters. The van der Waals surface area contributed by atoms with Crippen LogP contribution in [0.5, 0.6) is 0 Å². The molecule has 1 aromatic rings. The van der Waals surface area contributed by atoms with Gasteiger partial charge in [0.15, 0.2) is 4.67 Å². The van der Waals surface area contributed by atoms with Gasteiger partial charge in [-0.05, 0) is 40.9 Å². The van der Waals surface area contributed by atoms with Crippen molar-refractivity contribution >= 4 is 15.9 Å². The van der Waals surface area contributed by atoms with Crippen LogP contribution in [-0.2, 0) is 0 Å². The number of halogens is 1. The van der Waals surface area contributed by atoms with Crippen molar-refractivity contribution in [3.63, 3.8) is 0 Å². The van der Waals surface area contributed by atoms with Crippen LogP contribution in [0.3, 0.4) is 0 Å². The van der Waals surface area contributed by atoms with E-state index in [2.05, 4.69) is 35.1 Å². The Bertz CT molecular complexity index is 299. The molecule has 0 saturated heterocycles. The molecule has 0 saturated carbocycles. The molecule has 2 unspecified atom stereocenters. The summed E-state index contributed by atoms with van der Waals surface area (Å²) in [4.78, 5) is 0. The Kier molecular flexibility index (Phi) is 4.83. The first-order chi connectivity index (χ1) is 7.04. The second-order valence-corrected chi connectivity index (χ2v) is 4.84. The number of aliphatic hydroxyl groups excluding tert-OH is 1. The van der Waals surface area contributed by atoms with Crippen molar-refractivity contribution in [2.45, 2.75) is 32.9 Å². The number of furan rings is 1. The summed E-state index contributed by atoms with van der Waals surface area (Å²) in [5, 5.41) is 12.5. The van der Waals surface area contributed by atoms with Crippen molar-refractivity contribution < 1.29 is 9.52 Å². The zero-order valence-electron chi connectivity index (χ0n) is 9.33. The van der Waals surface area contributed by atoms with Gasteiger partial charge in [-0.1, -0.05) is 13.8 Å². The summed E-state index contributed by atoms with van der Waals surface area (Å²) >= 11 is 3.27. The van der Waals surface area contributed by atoms with Gasteiger partial charge in [-0.25, -0.2) is 0 Å². The topological polar surface area (TPSA) is 45.4 Å². The highest BCUT2D eigenvalue weighted by atomic mass is 79.9. The van der Waals surface area contributed by atoms with E-state index < -0.39 is 0 Å². The predicted octanol–water partition coefficient (Wildman–Crippen LogP) is 2.71. The molecule has 3 nitrogen and oxygen atoms in total. The molecule has 0 spiro atoms. The molecule has 0 radical (unpaired) electrons. The number of hydrogen-bond donors (Lipinski definition) is 2. The fraction of sp³-hybridized carbons (Fsp3) is 0.636. The Morgan fingerprint density at radius 3 is 2.47 bits per heavy atom. The Balaban J connectivity index is 2.58. The van der Waals surface area contributed by atoms with Crippen LogP contribution >= 0.6 is 15.9 Å². The monoisotopic (exact) mass is 275 g/mol. The van der Waals surface area contributed by atoms with E-state index in [1.807, 2.05) is 19.1 Å². The number of rotatable bonds is 5. The molecule has 0 fully saturated rings. The van der Waals surface area contributed by atoms with E-state index in [9.17, 15) is 5.11 Å². The highest BCUT2D eigenvalue weighted by Crippen LogP contribution is 2.21. The van der Waals surface area contributed by atoms with Crippen LogP contribution in [0.4, 0.5) is 0 Å². The zero-order chi connectivity index (χ0) is 11.4. The second-order valence-electron chi connectivity index (χ2n) is 4.06. The molecule has 0 aliphatic heterocycles. The summed E-state index contributed by atoms with van der Waals surface area (Å²) in [6, 6.07) is 4.01. The number of nitrogens with one attached hydrogen (secondary N) is 1. The summed E-state index contributed by atoms with van der Waals surface area (Å²) < 4.78 is 6.18. The largest absolute Gasteiger partial charge is 0.453 e. The molecule has 2 N–H and O–H groups in total. The van der Waals surface area contributed by atoms with Crippen molar-refractivity contribution in [3.8, 4) is 0 Å². The number of aliphatic hydroxyl groups is 1. The van der Waals surface area contributed by atoms with Crippen molar-refractivity contribution in [3.05, 3.63) is 22.6 Å². The van der Waals surface area contributed by atoms with Crippen LogP contribution in [-0.4, -0.2) is 17.8 Å². The van der Waals surface area contributed by atoms with E-state index in [-0.39, 0.29) is 18.7 Å². The maximum atomic E-state index is 9.20. The van der Waals surface area contributed by atoms with Crippen molar-refractivity contribution in [2.24, 2.45) is 5.92 Å². The van der Waals surface area contributed by atoms with Crippen LogP contribution in [0.1, 0.15) is 32.6 Å². The average Bonchev–Trinajstić information content (AvgIpc) is 2.60. The summed E-state index contributed by atoms with van der Waals surface area (Å²) in [6.45, 7) is 6.33. The third kappa shape index (κ3) is 3.63. The molecule has 0 aliphatic rings. The van der Waals surface area contributed by atoms with E-state index in [1.165, 1.54) is 0 Å². The van der Waals surface area contributed by atoms with Crippen molar-refractivity contribution in [1.82, 2.24) is 5.32 Å². The van der Waals surface area contributed by atoms with Gasteiger partial charge in [-0.3, -0.25) is 0 Å². The zero-order valence-corrected chi connectivity index (χ0v) is 10.9. The van der Waals surface area contributed by atoms with Gasteiger partial charge >= 0.3 is 0 Å². The fourth-order valence-electron chi connectivity index (χ4n) is 1.42. The van der Waals surface area contributed by atoms with Crippen LogP contribution in [0.15, 0.2) is 21.2 Å². The SMILES string of the molecule is CC(NC(CO)C(C)C)c1ccc(Br)o1. The molecule has 0 amide bonds. The fourth-order valence-corrected chi connectivity index (χ4v) is 1.74. The lowest BCUT2D eigenvalue weighted by molar-refractivity contribution is 0.196. The summed E-state index contributed by atoms with van der Waals surface area (Å²) in [7, 11) is 0. The molecule has 15 heavy (non-hydrogen) atoms. The standard InChI is InChI=1S/C11H18BrNO2/c1-7(2)9(6-14)13-8(3)10-4-5-11(12)15-10/h4-5,7-9,13-14H,6H2,1-3H3. The molecule has 0 aromatic carbocycles. The highest BCUT2D eigenvalue weighted by molar-refractivity contribution is 9.10. The first-order valence-corrected chi connectivity index (χ1v) is 5.96. The highest BCUT2D eigenvalue weighted by Gasteiger charge is 2.17. The smallest absolute Gasteiger partial charge is 0.169 e. The molecule has 86 valence electrons. The molecule has 1 aromatic heterocycles. The van der Waals surface area contributed by atoms with Crippen LogP contribution < -0.4 is 5.32 Å². The average molecular weight is 276 g/mol. The molecule has 0 bridgehead atoms. The van der Waals surface area contributed by atoms with Gasteiger partial charge in [-0.2, -0.15) is 0 Å². The van der Waals surface area contributed by atoms with E-state index in [0.29, 0.717) is 5.92 Å². The molecule has 4 heteroatoms. The third-order valence-electron chi connectivity index (χ3n) is 2.49. The normalized spacial score (nSPS) is 15.6. The molecule has 0 aliphatic carbocycles. The van der Waals surface area contributed by atoms with Gasteiger partial charge in [0.05, 0.1) is 12.6 Å². The Morgan fingerprint density at radius 1 is 1.40 bits per heavy atom. The summed E-state index contributed by atoms with van der Waals surface area (Å²) in [5.74, 6) is 1.27. The first-order valence-electron chi connectivity index (χ1n) is 5.16. The Labute approximate surface area is 99.0 Å². The van der Waals surface area contributed by atoms with Gasteiger partial charge in [-0.15, -0.1) is 0 Å². The van der Waals surface area contributed by atoms with E-state index >= 15 is 0 Å². The number of hydrogen-bond acceptors (Lipinski definition) is 3. The van der Waals surface area contributed by atoms with Gasteiger partial charge in [0.1, 0.15) is 5.76 Å². The minimum atomic E-state index is 0.101. The van der Waals surface area contributed by atoms with E-state index in [1.54, 1.807) is 0 Å². The lowest BCUT2D eigenvalue weighted by Gasteiger charge is -2.23. The minimum Gasteiger partial charge on any atom is -0.453 e. The van der Waals surface area contributed by atoms with Gasteiger partial charge in [0, 0.05) is 6.04 Å². The van der Waals surface area contributed by atoms with Gasteiger partial charge in [0.2, 0.25) is 0 Å². The van der Waals surface area contributed by atoms with Crippen LogP contribution in [0.2, 0.25) is 0 Å². The Morgan fingerprint density at radius 2 is 2.07 bits per heavy atom. The summed E-state index contributed by atoms with van der Waals surface area (Å²) in [6.07, 6.45) is 0.